The second-order valence-electron chi connectivity index (χ2n) is 7.28. The summed E-state index contributed by atoms with van der Waals surface area (Å²) < 4.78 is 15.9. The minimum Gasteiger partial charge on any atom is -0.454 e. The number of fused-ring (bicyclic) bond motifs is 1. The molecule has 1 heterocycles. The first-order chi connectivity index (χ1) is 15.1. The Balaban J connectivity index is 1.25. The average Bonchev–Trinajstić information content (AvgIpc) is 3.26. The molecule has 1 atom stereocenters. The molecule has 6 heteroatoms. The van der Waals surface area contributed by atoms with Crippen LogP contribution in [0.25, 0.3) is 11.1 Å². The predicted octanol–water partition coefficient (Wildman–Crippen LogP) is 3.87. The van der Waals surface area contributed by atoms with E-state index < -0.39 is 12.1 Å². The van der Waals surface area contributed by atoms with Crippen LogP contribution in [0.1, 0.15) is 18.1 Å². The molecule has 3 aromatic rings. The Labute approximate surface area is 180 Å². The predicted molar refractivity (Wildman–Crippen MR) is 116 cm³/mol. The van der Waals surface area contributed by atoms with Gasteiger partial charge in [0.1, 0.15) is 0 Å². The Morgan fingerprint density at radius 1 is 0.903 bits per heavy atom. The molecule has 0 fully saturated rings. The van der Waals surface area contributed by atoms with Gasteiger partial charge in [-0.2, -0.15) is 0 Å². The van der Waals surface area contributed by atoms with Gasteiger partial charge in [-0.1, -0.05) is 60.7 Å². The fourth-order valence-electron chi connectivity index (χ4n) is 3.29. The smallest absolute Gasteiger partial charge is 0.311 e. The van der Waals surface area contributed by atoms with Crippen molar-refractivity contribution in [3.8, 4) is 22.6 Å². The second kappa shape index (κ2) is 9.34. The van der Waals surface area contributed by atoms with Crippen LogP contribution in [0.2, 0.25) is 0 Å². The monoisotopic (exact) mass is 417 g/mol. The maximum atomic E-state index is 12.3. The van der Waals surface area contributed by atoms with Gasteiger partial charge in [-0.25, -0.2) is 0 Å². The Hall–Kier alpha value is -3.80. The highest BCUT2D eigenvalue weighted by Crippen LogP contribution is 2.32. The average molecular weight is 417 g/mol. The zero-order chi connectivity index (χ0) is 21.6. The highest BCUT2D eigenvalue weighted by atomic mass is 16.7. The molecule has 3 aromatic carbocycles. The van der Waals surface area contributed by atoms with Gasteiger partial charge < -0.3 is 19.5 Å². The van der Waals surface area contributed by atoms with Gasteiger partial charge in [-0.15, -0.1) is 0 Å². The van der Waals surface area contributed by atoms with Crippen molar-refractivity contribution in [2.45, 2.75) is 26.0 Å². The molecule has 1 aliphatic rings. The van der Waals surface area contributed by atoms with E-state index in [0.717, 1.165) is 22.3 Å². The molecule has 158 valence electrons. The summed E-state index contributed by atoms with van der Waals surface area (Å²) in [5.74, 6) is 0.544. The van der Waals surface area contributed by atoms with Crippen LogP contribution >= 0.6 is 0 Å². The number of rotatable bonds is 7. The Bertz CT molecular complexity index is 1060. The molecule has 0 radical (unpaired) electrons. The van der Waals surface area contributed by atoms with Crippen LogP contribution in [-0.2, 0) is 27.3 Å². The van der Waals surface area contributed by atoms with Gasteiger partial charge >= 0.3 is 5.97 Å². The lowest BCUT2D eigenvalue weighted by atomic mass is 10.0. The summed E-state index contributed by atoms with van der Waals surface area (Å²) in [6.45, 7) is 2.07. The van der Waals surface area contributed by atoms with Gasteiger partial charge in [-0.3, -0.25) is 9.59 Å². The summed E-state index contributed by atoms with van der Waals surface area (Å²) in [5, 5.41) is 2.77. The molecule has 1 amide bonds. The lowest BCUT2D eigenvalue weighted by molar-refractivity contribution is -0.154. The molecule has 1 aliphatic heterocycles. The highest BCUT2D eigenvalue weighted by molar-refractivity contribution is 5.84. The fraction of sp³-hybridized carbons (Fsp3) is 0.200. The molecule has 0 aromatic heterocycles. The number of carbonyl (C=O) groups is 2. The van der Waals surface area contributed by atoms with Gasteiger partial charge in [0.15, 0.2) is 17.6 Å². The van der Waals surface area contributed by atoms with Gasteiger partial charge in [0.2, 0.25) is 6.79 Å². The van der Waals surface area contributed by atoms with Gasteiger partial charge in [-0.05, 0) is 41.3 Å². The summed E-state index contributed by atoms with van der Waals surface area (Å²) in [4.78, 5) is 24.5. The van der Waals surface area contributed by atoms with Gasteiger partial charge in [0.05, 0.1) is 6.42 Å². The first-order valence-electron chi connectivity index (χ1n) is 10.1. The van der Waals surface area contributed by atoms with E-state index in [0.29, 0.717) is 18.0 Å². The molecule has 0 aliphatic carbocycles. The van der Waals surface area contributed by atoms with E-state index in [9.17, 15) is 9.59 Å². The molecule has 1 N–H and O–H groups in total. The van der Waals surface area contributed by atoms with Gasteiger partial charge in [0, 0.05) is 6.54 Å². The summed E-state index contributed by atoms with van der Waals surface area (Å²) in [5.41, 5.74) is 3.89. The SMILES string of the molecule is CC(OC(=O)Cc1ccc(-c2ccccc2)cc1)C(=O)NCc1ccc2c(c1)OCO2. The van der Waals surface area contributed by atoms with E-state index in [1.54, 1.807) is 13.0 Å². The third-order valence-corrected chi connectivity index (χ3v) is 4.99. The van der Waals surface area contributed by atoms with Crippen molar-refractivity contribution in [1.82, 2.24) is 5.32 Å². The Morgan fingerprint density at radius 3 is 2.35 bits per heavy atom. The largest absolute Gasteiger partial charge is 0.454 e. The Morgan fingerprint density at radius 2 is 1.58 bits per heavy atom. The third-order valence-electron chi connectivity index (χ3n) is 4.99. The van der Waals surface area contributed by atoms with Crippen LogP contribution in [-0.4, -0.2) is 24.8 Å². The zero-order valence-corrected chi connectivity index (χ0v) is 17.2. The number of hydrogen-bond acceptors (Lipinski definition) is 5. The van der Waals surface area contributed by atoms with Crippen molar-refractivity contribution in [3.63, 3.8) is 0 Å². The van der Waals surface area contributed by atoms with Crippen LogP contribution in [0.15, 0.2) is 72.8 Å². The molecule has 6 nitrogen and oxygen atoms in total. The van der Waals surface area contributed by atoms with E-state index in [4.69, 9.17) is 14.2 Å². The van der Waals surface area contributed by atoms with E-state index in [1.165, 1.54) is 0 Å². The summed E-state index contributed by atoms with van der Waals surface area (Å²) >= 11 is 0. The molecular weight excluding hydrogens is 394 g/mol. The van der Waals surface area contributed by atoms with Crippen LogP contribution in [0.4, 0.5) is 0 Å². The molecular formula is C25H23NO5. The van der Waals surface area contributed by atoms with Crippen LogP contribution in [0.5, 0.6) is 11.5 Å². The standard InChI is InChI=1S/C25H23NO5/c1-17(25(28)26-15-19-9-12-22-23(13-19)30-16-29-22)31-24(27)14-18-7-10-21(11-8-18)20-5-3-2-4-6-20/h2-13,17H,14-16H2,1H3,(H,26,28). The first-order valence-corrected chi connectivity index (χ1v) is 10.1. The number of ether oxygens (including phenoxy) is 3. The van der Waals surface area contributed by atoms with Crippen molar-refractivity contribution in [1.29, 1.82) is 0 Å². The van der Waals surface area contributed by atoms with Crippen LogP contribution in [0.3, 0.4) is 0 Å². The molecule has 4 rings (SSSR count). The Kier molecular flexibility index (Phi) is 6.17. The van der Waals surface area contributed by atoms with Crippen molar-refractivity contribution in [3.05, 3.63) is 83.9 Å². The number of carbonyl (C=O) groups excluding carboxylic acids is 2. The second-order valence-corrected chi connectivity index (χ2v) is 7.28. The molecule has 0 saturated carbocycles. The van der Waals surface area contributed by atoms with Crippen molar-refractivity contribution < 1.29 is 23.8 Å². The number of benzene rings is 3. The molecule has 0 spiro atoms. The molecule has 31 heavy (non-hydrogen) atoms. The van der Waals surface area contributed by atoms with E-state index in [2.05, 4.69) is 5.32 Å². The van der Waals surface area contributed by atoms with Gasteiger partial charge in [0.25, 0.3) is 5.91 Å². The van der Waals surface area contributed by atoms with Crippen molar-refractivity contribution in [2.24, 2.45) is 0 Å². The maximum Gasteiger partial charge on any atom is 0.311 e. The van der Waals surface area contributed by atoms with E-state index in [1.807, 2.05) is 66.7 Å². The summed E-state index contributed by atoms with van der Waals surface area (Å²) in [6, 6.07) is 23.2. The minimum atomic E-state index is -0.884. The molecule has 0 bridgehead atoms. The number of esters is 1. The number of nitrogens with one attached hydrogen (secondary N) is 1. The lowest BCUT2D eigenvalue weighted by Crippen LogP contribution is -2.35. The summed E-state index contributed by atoms with van der Waals surface area (Å²) in [7, 11) is 0. The summed E-state index contributed by atoms with van der Waals surface area (Å²) in [6.07, 6.45) is -0.778. The zero-order valence-electron chi connectivity index (χ0n) is 17.2. The fourth-order valence-corrected chi connectivity index (χ4v) is 3.29. The van der Waals surface area contributed by atoms with E-state index >= 15 is 0 Å². The topological polar surface area (TPSA) is 73.9 Å². The van der Waals surface area contributed by atoms with Crippen molar-refractivity contribution >= 4 is 11.9 Å². The lowest BCUT2D eigenvalue weighted by Gasteiger charge is -2.14. The normalized spacial score (nSPS) is 12.8. The number of amides is 1. The van der Waals surface area contributed by atoms with E-state index in [-0.39, 0.29) is 19.1 Å². The number of hydrogen-bond donors (Lipinski definition) is 1. The van der Waals surface area contributed by atoms with Crippen LogP contribution < -0.4 is 14.8 Å². The quantitative estimate of drug-likeness (QED) is 0.591. The molecule has 0 saturated heterocycles. The maximum absolute atomic E-state index is 12.3. The molecule has 1 unspecified atom stereocenters. The van der Waals surface area contributed by atoms with Crippen molar-refractivity contribution in [2.75, 3.05) is 6.79 Å². The van der Waals surface area contributed by atoms with Crippen LogP contribution in [0, 0.1) is 0 Å². The minimum absolute atomic E-state index is 0.106. The first kappa shape index (κ1) is 20.5. The third kappa shape index (κ3) is 5.22. The highest BCUT2D eigenvalue weighted by Gasteiger charge is 2.19.